The number of benzene rings is 2. The highest BCUT2D eigenvalue weighted by Gasteiger charge is 2.40. The Kier molecular flexibility index (Phi) is 2.37. The number of carbonyl (C=O) groups excluding carboxylic acids is 1. The van der Waals surface area contributed by atoms with Crippen molar-refractivity contribution >= 4 is 16.7 Å². The summed E-state index contributed by atoms with van der Waals surface area (Å²) in [6.45, 7) is 0.965. The Labute approximate surface area is 113 Å². The van der Waals surface area contributed by atoms with Crippen molar-refractivity contribution in [2.45, 2.75) is 25.3 Å². The van der Waals surface area contributed by atoms with Crippen LogP contribution in [0.15, 0.2) is 42.5 Å². The lowest BCUT2D eigenvalue weighted by molar-refractivity contribution is 0.0705. The molecule has 2 heteroatoms. The number of hydrogen-bond donors (Lipinski definition) is 0. The van der Waals surface area contributed by atoms with Crippen molar-refractivity contribution in [2.24, 2.45) is 5.92 Å². The Morgan fingerprint density at radius 3 is 2.68 bits per heavy atom. The van der Waals surface area contributed by atoms with E-state index in [1.54, 1.807) is 0 Å². The fourth-order valence-electron chi connectivity index (χ4n) is 3.74. The van der Waals surface area contributed by atoms with Gasteiger partial charge in [0.15, 0.2) is 0 Å². The number of fused-ring (bicyclic) bond motifs is 3. The predicted octanol–water partition coefficient (Wildman–Crippen LogP) is 3.46. The summed E-state index contributed by atoms with van der Waals surface area (Å²) in [7, 11) is 0. The third-order valence-corrected chi connectivity index (χ3v) is 4.69. The van der Waals surface area contributed by atoms with Crippen LogP contribution in [0.25, 0.3) is 10.8 Å². The largest absolute Gasteiger partial charge is 0.335 e. The van der Waals surface area contributed by atoms with E-state index in [1.807, 2.05) is 24.3 Å². The lowest BCUT2D eigenvalue weighted by atomic mass is 10.0. The van der Waals surface area contributed by atoms with Crippen molar-refractivity contribution < 1.29 is 4.79 Å². The Morgan fingerprint density at radius 2 is 1.89 bits per heavy atom. The molecule has 2 aromatic rings. The van der Waals surface area contributed by atoms with E-state index in [2.05, 4.69) is 23.1 Å². The summed E-state index contributed by atoms with van der Waals surface area (Å²) in [6.07, 6.45) is 3.72. The summed E-state index contributed by atoms with van der Waals surface area (Å²) in [5, 5.41) is 2.23. The van der Waals surface area contributed by atoms with Gasteiger partial charge in [0.25, 0.3) is 5.91 Å². The number of nitrogens with zero attached hydrogens (tertiary/aromatic N) is 1. The van der Waals surface area contributed by atoms with Crippen molar-refractivity contribution in [1.82, 2.24) is 4.90 Å². The van der Waals surface area contributed by atoms with Crippen LogP contribution in [0, 0.1) is 5.92 Å². The van der Waals surface area contributed by atoms with Crippen molar-refractivity contribution in [2.75, 3.05) is 6.54 Å². The van der Waals surface area contributed by atoms with Crippen LogP contribution in [0.4, 0.5) is 0 Å². The summed E-state index contributed by atoms with van der Waals surface area (Å²) < 4.78 is 0. The third kappa shape index (κ3) is 1.66. The maximum absolute atomic E-state index is 12.8. The molecule has 1 amide bonds. The van der Waals surface area contributed by atoms with E-state index in [4.69, 9.17) is 0 Å². The monoisotopic (exact) mass is 251 g/mol. The molecule has 1 saturated carbocycles. The topological polar surface area (TPSA) is 20.3 Å². The molecule has 2 atom stereocenters. The number of amides is 1. The summed E-state index contributed by atoms with van der Waals surface area (Å²) >= 11 is 0. The fraction of sp³-hybridized carbons (Fsp3) is 0.353. The van der Waals surface area contributed by atoms with Crippen LogP contribution in [0.3, 0.4) is 0 Å². The minimum atomic E-state index is 0.226. The zero-order valence-corrected chi connectivity index (χ0v) is 10.9. The number of rotatable bonds is 1. The number of likely N-dealkylation sites (tertiary alicyclic amines) is 1. The molecule has 0 spiro atoms. The molecule has 0 N–H and O–H groups in total. The number of hydrogen-bond acceptors (Lipinski definition) is 1. The van der Waals surface area contributed by atoms with Crippen LogP contribution < -0.4 is 0 Å². The molecule has 2 bridgehead atoms. The second-order valence-corrected chi connectivity index (χ2v) is 5.82. The molecule has 1 saturated heterocycles. The molecule has 19 heavy (non-hydrogen) atoms. The van der Waals surface area contributed by atoms with Gasteiger partial charge < -0.3 is 4.90 Å². The molecule has 1 heterocycles. The molecule has 1 aliphatic heterocycles. The van der Waals surface area contributed by atoms with E-state index in [0.29, 0.717) is 6.04 Å². The Bertz CT molecular complexity index is 643. The van der Waals surface area contributed by atoms with E-state index >= 15 is 0 Å². The highest BCUT2D eigenvalue weighted by Crippen LogP contribution is 2.38. The van der Waals surface area contributed by atoms with Gasteiger partial charge in [0.1, 0.15) is 0 Å². The smallest absolute Gasteiger partial charge is 0.254 e. The van der Waals surface area contributed by atoms with Crippen LogP contribution in [0.5, 0.6) is 0 Å². The zero-order chi connectivity index (χ0) is 12.8. The highest BCUT2D eigenvalue weighted by atomic mass is 16.2. The molecule has 4 rings (SSSR count). The summed E-state index contributed by atoms with van der Waals surface area (Å²) in [4.78, 5) is 14.9. The minimum Gasteiger partial charge on any atom is -0.335 e. The molecule has 96 valence electrons. The predicted molar refractivity (Wildman–Crippen MR) is 76.1 cm³/mol. The van der Waals surface area contributed by atoms with Gasteiger partial charge >= 0.3 is 0 Å². The Balaban J connectivity index is 1.76. The molecule has 2 unspecified atom stereocenters. The summed E-state index contributed by atoms with van der Waals surface area (Å²) in [5.41, 5.74) is 0.866. The van der Waals surface area contributed by atoms with Crippen LogP contribution in [0.1, 0.15) is 29.6 Å². The first-order chi connectivity index (χ1) is 9.33. The molecule has 2 aliphatic rings. The van der Waals surface area contributed by atoms with E-state index in [0.717, 1.165) is 28.8 Å². The van der Waals surface area contributed by atoms with Gasteiger partial charge in [0.05, 0.1) is 0 Å². The van der Waals surface area contributed by atoms with Gasteiger partial charge in [0, 0.05) is 18.2 Å². The standard InChI is InChI=1S/C17H17NO/c19-17(18-11-12-8-9-14(18)10-12)16-7-3-5-13-4-1-2-6-15(13)16/h1-7,12,14H,8-11H2. The van der Waals surface area contributed by atoms with Gasteiger partial charge in [0.2, 0.25) is 0 Å². The van der Waals surface area contributed by atoms with E-state index in [1.165, 1.54) is 19.3 Å². The molecular weight excluding hydrogens is 234 g/mol. The molecule has 2 fully saturated rings. The van der Waals surface area contributed by atoms with E-state index in [9.17, 15) is 4.79 Å². The molecule has 0 radical (unpaired) electrons. The second kappa shape index (κ2) is 4.09. The van der Waals surface area contributed by atoms with Crippen molar-refractivity contribution in [3.05, 3.63) is 48.0 Å². The average Bonchev–Trinajstić information content (AvgIpc) is 3.08. The Hall–Kier alpha value is -1.83. The van der Waals surface area contributed by atoms with Gasteiger partial charge in [-0.05, 0) is 42.0 Å². The first-order valence-corrected chi connectivity index (χ1v) is 7.11. The van der Waals surface area contributed by atoms with Crippen LogP contribution in [0.2, 0.25) is 0 Å². The molecular formula is C17H17NO. The molecule has 2 nitrogen and oxygen atoms in total. The van der Waals surface area contributed by atoms with Crippen molar-refractivity contribution in [1.29, 1.82) is 0 Å². The van der Waals surface area contributed by atoms with Crippen molar-refractivity contribution in [3.8, 4) is 0 Å². The molecule has 1 aliphatic carbocycles. The number of piperidine rings is 1. The second-order valence-electron chi connectivity index (χ2n) is 5.82. The summed E-state index contributed by atoms with van der Waals surface area (Å²) in [6, 6.07) is 14.7. The summed E-state index contributed by atoms with van der Waals surface area (Å²) in [5.74, 6) is 0.980. The van der Waals surface area contributed by atoms with Crippen LogP contribution >= 0.6 is 0 Å². The third-order valence-electron chi connectivity index (χ3n) is 4.69. The first-order valence-electron chi connectivity index (χ1n) is 7.11. The lowest BCUT2D eigenvalue weighted by Crippen LogP contribution is -2.37. The van der Waals surface area contributed by atoms with E-state index in [-0.39, 0.29) is 5.91 Å². The van der Waals surface area contributed by atoms with Crippen LogP contribution in [-0.2, 0) is 0 Å². The minimum absolute atomic E-state index is 0.226. The number of carbonyl (C=O) groups is 1. The van der Waals surface area contributed by atoms with E-state index < -0.39 is 0 Å². The molecule has 2 aromatic carbocycles. The van der Waals surface area contributed by atoms with Gasteiger partial charge in [-0.15, -0.1) is 0 Å². The fourth-order valence-corrected chi connectivity index (χ4v) is 3.74. The van der Waals surface area contributed by atoms with Crippen molar-refractivity contribution in [3.63, 3.8) is 0 Å². The highest BCUT2D eigenvalue weighted by molar-refractivity contribution is 6.07. The maximum atomic E-state index is 12.8. The maximum Gasteiger partial charge on any atom is 0.254 e. The Morgan fingerprint density at radius 1 is 1.05 bits per heavy atom. The average molecular weight is 251 g/mol. The quantitative estimate of drug-likeness (QED) is 0.760. The van der Waals surface area contributed by atoms with Gasteiger partial charge in [-0.2, -0.15) is 0 Å². The molecule has 0 aromatic heterocycles. The normalized spacial score (nSPS) is 25.2. The lowest BCUT2D eigenvalue weighted by Gasteiger charge is -2.27. The first kappa shape index (κ1) is 11.0. The van der Waals surface area contributed by atoms with Gasteiger partial charge in [-0.1, -0.05) is 36.4 Å². The zero-order valence-electron chi connectivity index (χ0n) is 10.9. The van der Waals surface area contributed by atoms with Gasteiger partial charge in [-0.25, -0.2) is 0 Å². The van der Waals surface area contributed by atoms with Gasteiger partial charge in [-0.3, -0.25) is 4.79 Å². The van der Waals surface area contributed by atoms with Crippen LogP contribution in [-0.4, -0.2) is 23.4 Å². The SMILES string of the molecule is O=C(c1cccc2ccccc12)N1CC2CCC1C2.